The molecule has 2 aliphatic heterocycles. The van der Waals surface area contributed by atoms with Gasteiger partial charge in [0.2, 0.25) is 0 Å². The highest BCUT2D eigenvalue weighted by atomic mass is 16.2. The summed E-state index contributed by atoms with van der Waals surface area (Å²) >= 11 is 0. The molecular weight excluding hydrogens is 300 g/mol. The van der Waals surface area contributed by atoms with Crippen molar-refractivity contribution in [2.24, 2.45) is 0 Å². The van der Waals surface area contributed by atoms with E-state index in [1.54, 1.807) is 0 Å². The molecule has 123 valence electrons. The van der Waals surface area contributed by atoms with Gasteiger partial charge in [0.05, 0.1) is 11.4 Å². The molecule has 0 saturated carbocycles. The number of fused-ring (bicyclic) bond motifs is 1. The van der Waals surface area contributed by atoms with E-state index >= 15 is 0 Å². The van der Waals surface area contributed by atoms with Gasteiger partial charge in [0.1, 0.15) is 5.69 Å². The number of amides is 2. The minimum Gasteiger partial charge on any atom is -0.367 e. The van der Waals surface area contributed by atoms with Crippen LogP contribution in [-0.2, 0) is 12.8 Å². The zero-order valence-corrected chi connectivity index (χ0v) is 13.6. The van der Waals surface area contributed by atoms with Gasteiger partial charge >= 0.3 is 6.03 Å². The van der Waals surface area contributed by atoms with Gasteiger partial charge in [-0.25, -0.2) is 4.79 Å². The van der Waals surface area contributed by atoms with E-state index in [4.69, 9.17) is 0 Å². The van der Waals surface area contributed by atoms with Crippen LogP contribution in [0.1, 0.15) is 11.1 Å². The Hall–Kier alpha value is -2.53. The highest BCUT2D eigenvalue weighted by molar-refractivity contribution is 6.06. The smallest absolute Gasteiger partial charge is 0.346 e. The molecular formula is C19H21N4O. The maximum Gasteiger partial charge on any atom is 0.346 e. The Kier molecular flexibility index (Phi) is 4.09. The van der Waals surface area contributed by atoms with Gasteiger partial charge in [0.25, 0.3) is 0 Å². The number of piperazine rings is 1. The fourth-order valence-corrected chi connectivity index (χ4v) is 3.36. The van der Waals surface area contributed by atoms with Crippen LogP contribution in [0.2, 0.25) is 0 Å². The van der Waals surface area contributed by atoms with Crippen LogP contribution < -0.4 is 20.9 Å². The molecule has 2 aliphatic rings. The number of nitrogens with one attached hydrogen (secondary N) is 2. The van der Waals surface area contributed by atoms with E-state index in [-0.39, 0.29) is 6.03 Å². The molecule has 5 heteroatoms. The van der Waals surface area contributed by atoms with Gasteiger partial charge in [0.15, 0.2) is 0 Å². The molecule has 0 aromatic heterocycles. The third-order valence-corrected chi connectivity index (χ3v) is 4.61. The molecule has 4 rings (SSSR count). The van der Waals surface area contributed by atoms with Crippen molar-refractivity contribution in [2.75, 3.05) is 36.4 Å². The van der Waals surface area contributed by atoms with Gasteiger partial charge in [-0.05, 0) is 36.1 Å². The van der Waals surface area contributed by atoms with Gasteiger partial charge in [-0.3, -0.25) is 0 Å². The standard InChI is InChI=1S/C19H21N4O/c24-19-21-16-12-15(7-6-14-4-2-1-3-5-14)13-17(18(16)22-19)23-10-8-20-9-11-23/h1-5,12-13,20H,6-11H2,(H,21,24). The number of aryl methyl sites for hydroxylation is 2. The third-order valence-electron chi connectivity index (χ3n) is 4.61. The Balaban J connectivity index is 1.60. The summed E-state index contributed by atoms with van der Waals surface area (Å²) in [6, 6.07) is 14.5. The highest BCUT2D eigenvalue weighted by Crippen LogP contribution is 2.39. The molecule has 1 fully saturated rings. The van der Waals surface area contributed by atoms with Crippen molar-refractivity contribution in [1.82, 2.24) is 10.6 Å². The number of nitrogens with zero attached hydrogens (tertiary/aromatic N) is 2. The Morgan fingerprint density at radius 1 is 1.00 bits per heavy atom. The van der Waals surface area contributed by atoms with Crippen molar-refractivity contribution in [3.8, 4) is 0 Å². The fraction of sp³-hybridized carbons (Fsp3) is 0.316. The van der Waals surface area contributed by atoms with Crippen LogP contribution in [0.25, 0.3) is 0 Å². The summed E-state index contributed by atoms with van der Waals surface area (Å²) < 4.78 is 0. The largest absolute Gasteiger partial charge is 0.367 e. The Morgan fingerprint density at radius 3 is 2.54 bits per heavy atom. The molecule has 0 spiro atoms. The first kappa shape index (κ1) is 15.0. The van der Waals surface area contributed by atoms with E-state index in [0.717, 1.165) is 56.1 Å². The number of carbonyl (C=O) groups excluding carboxylic acids is 1. The Bertz CT molecular complexity index is 739. The average molecular weight is 321 g/mol. The molecule has 0 atom stereocenters. The zero-order chi connectivity index (χ0) is 16.4. The second kappa shape index (κ2) is 6.53. The van der Waals surface area contributed by atoms with Gasteiger partial charge < -0.3 is 15.5 Å². The molecule has 24 heavy (non-hydrogen) atoms. The van der Waals surface area contributed by atoms with E-state index in [1.165, 1.54) is 11.1 Å². The number of urea groups is 1. The van der Waals surface area contributed by atoms with Crippen molar-refractivity contribution in [3.63, 3.8) is 0 Å². The highest BCUT2D eigenvalue weighted by Gasteiger charge is 2.26. The van der Waals surface area contributed by atoms with Crippen molar-refractivity contribution >= 4 is 23.1 Å². The van der Waals surface area contributed by atoms with Crippen LogP contribution in [0.4, 0.5) is 21.9 Å². The van der Waals surface area contributed by atoms with Gasteiger partial charge in [0, 0.05) is 26.2 Å². The quantitative estimate of drug-likeness (QED) is 0.910. The lowest BCUT2D eigenvalue weighted by atomic mass is 10.0. The van der Waals surface area contributed by atoms with E-state index in [0.29, 0.717) is 0 Å². The molecule has 0 aliphatic carbocycles. The minimum atomic E-state index is -0.262. The van der Waals surface area contributed by atoms with Crippen molar-refractivity contribution < 1.29 is 4.79 Å². The summed E-state index contributed by atoms with van der Waals surface area (Å²) in [4.78, 5) is 14.0. The average Bonchev–Trinajstić information content (AvgIpc) is 3.01. The third kappa shape index (κ3) is 3.08. The number of rotatable bonds is 4. The first-order valence-electron chi connectivity index (χ1n) is 8.49. The van der Waals surface area contributed by atoms with Crippen LogP contribution in [0, 0.1) is 0 Å². The summed E-state index contributed by atoms with van der Waals surface area (Å²) in [5.74, 6) is 0. The fourth-order valence-electron chi connectivity index (χ4n) is 3.36. The SMILES string of the molecule is O=C1[N]c2c(cc(CCc3ccccc3)cc2N2CCNCC2)N1. The normalized spacial score (nSPS) is 16.5. The van der Waals surface area contributed by atoms with Gasteiger partial charge in [-0.2, -0.15) is 5.32 Å². The summed E-state index contributed by atoms with van der Waals surface area (Å²) in [6.07, 6.45) is 1.94. The monoisotopic (exact) mass is 321 g/mol. The predicted molar refractivity (Wildman–Crippen MR) is 96.2 cm³/mol. The van der Waals surface area contributed by atoms with E-state index < -0.39 is 0 Å². The van der Waals surface area contributed by atoms with Gasteiger partial charge in [-0.15, -0.1) is 0 Å². The zero-order valence-electron chi connectivity index (χ0n) is 13.6. The maximum absolute atomic E-state index is 11.7. The minimum absolute atomic E-state index is 0.262. The van der Waals surface area contributed by atoms with Crippen molar-refractivity contribution in [2.45, 2.75) is 12.8 Å². The molecule has 2 aromatic rings. The summed E-state index contributed by atoms with van der Waals surface area (Å²) in [6.45, 7) is 3.81. The number of hydrogen-bond acceptors (Lipinski definition) is 3. The molecule has 2 amide bonds. The molecule has 1 radical (unpaired) electrons. The van der Waals surface area contributed by atoms with E-state index in [9.17, 15) is 4.79 Å². The second-order valence-corrected chi connectivity index (χ2v) is 6.28. The number of anilines is 2. The topological polar surface area (TPSA) is 58.5 Å². The molecule has 5 nitrogen and oxygen atoms in total. The summed E-state index contributed by atoms with van der Waals surface area (Å²) in [5.41, 5.74) is 5.29. The van der Waals surface area contributed by atoms with E-state index in [2.05, 4.69) is 57.2 Å². The van der Waals surface area contributed by atoms with Crippen LogP contribution >= 0.6 is 0 Å². The molecule has 2 aromatic carbocycles. The van der Waals surface area contributed by atoms with Gasteiger partial charge in [-0.1, -0.05) is 30.3 Å². The van der Waals surface area contributed by atoms with Crippen LogP contribution in [0.15, 0.2) is 42.5 Å². The predicted octanol–water partition coefficient (Wildman–Crippen LogP) is 2.66. The number of carbonyl (C=O) groups is 1. The van der Waals surface area contributed by atoms with Crippen LogP contribution in [0.3, 0.4) is 0 Å². The first-order valence-corrected chi connectivity index (χ1v) is 8.49. The molecule has 1 saturated heterocycles. The summed E-state index contributed by atoms with van der Waals surface area (Å²) in [5, 5.41) is 10.4. The van der Waals surface area contributed by atoms with Crippen molar-refractivity contribution in [1.29, 1.82) is 0 Å². The molecule has 0 unspecified atom stereocenters. The second-order valence-electron chi connectivity index (χ2n) is 6.28. The maximum atomic E-state index is 11.7. The Labute approximate surface area is 142 Å². The lowest BCUT2D eigenvalue weighted by Crippen LogP contribution is -2.43. The van der Waals surface area contributed by atoms with E-state index in [1.807, 2.05) is 6.07 Å². The molecule has 0 bridgehead atoms. The van der Waals surface area contributed by atoms with Crippen LogP contribution in [-0.4, -0.2) is 32.2 Å². The summed E-state index contributed by atoms with van der Waals surface area (Å²) in [7, 11) is 0. The molecule has 2 N–H and O–H groups in total. The lowest BCUT2D eigenvalue weighted by Gasteiger charge is -2.30. The first-order chi connectivity index (χ1) is 11.8. The van der Waals surface area contributed by atoms with Crippen LogP contribution in [0.5, 0.6) is 0 Å². The number of benzene rings is 2. The number of hydrogen-bond donors (Lipinski definition) is 2. The molecule has 2 heterocycles. The Morgan fingerprint density at radius 2 is 1.75 bits per heavy atom. The van der Waals surface area contributed by atoms with Crippen molar-refractivity contribution in [3.05, 3.63) is 53.6 Å². The lowest BCUT2D eigenvalue weighted by molar-refractivity contribution is 0.256.